The van der Waals surface area contributed by atoms with E-state index in [2.05, 4.69) is 4.90 Å². The monoisotopic (exact) mass is 283 g/mol. The highest BCUT2D eigenvalue weighted by Crippen LogP contribution is 2.32. The summed E-state index contributed by atoms with van der Waals surface area (Å²) in [5.74, 6) is 1.37. The summed E-state index contributed by atoms with van der Waals surface area (Å²) in [6.45, 7) is 2.63. The SMILES string of the molecule is Cc1cc2c(c(=O)o1)/C(=C/Oc1ccccc1)CCN2C. The Morgan fingerprint density at radius 2 is 2.05 bits per heavy atom. The number of fused-ring (bicyclic) bond motifs is 1. The quantitative estimate of drug-likeness (QED) is 0.794. The molecule has 1 aliphatic rings. The Morgan fingerprint density at radius 1 is 1.29 bits per heavy atom. The zero-order valence-corrected chi connectivity index (χ0v) is 12.1. The molecule has 1 aliphatic heterocycles. The van der Waals surface area contributed by atoms with Gasteiger partial charge in [-0.2, -0.15) is 0 Å². The van der Waals surface area contributed by atoms with E-state index < -0.39 is 0 Å². The van der Waals surface area contributed by atoms with Gasteiger partial charge >= 0.3 is 5.63 Å². The second kappa shape index (κ2) is 5.48. The third-order valence-electron chi connectivity index (χ3n) is 3.58. The molecule has 4 nitrogen and oxygen atoms in total. The van der Waals surface area contributed by atoms with Gasteiger partial charge < -0.3 is 14.1 Å². The van der Waals surface area contributed by atoms with Crippen LogP contribution in [-0.4, -0.2) is 13.6 Å². The van der Waals surface area contributed by atoms with E-state index in [4.69, 9.17) is 9.15 Å². The van der Waals surface area contributed by atoms with Crippen molar-refractivity contribution < 1.29 is 9.15 Å². The molecule has 0 fully saturated rings. The molecule has 1 aromatic heterocycles. The lowest BCUT2D eigenvalue weighted by Crippen LogP contribution is -2.28. The lowest BCUT2D eigenvalue weighted by atomic mass is 9.99. The predicted octanol–water partition coefficient (Wildman–Crippen LogP) is 3.21. The normalized spacial score (nSPS) is 15.9. The van der Waals surface area contributed by atoms with Crippen LogP contribution in [0.5, 0.6) is 5.75 Å². The van der Waals surface area contributed by atoms with Crippen LogP contribution in [0.2, 0.25) is 0 Å². The standard InChI is InChI=1S/C17H17NO3/c1-12-10-15-16(17(19)21-12)13(8-9-18(15)2)11-20-14-6-4-3-5-7-14/h3-7,10-11H,8-9H2,1-2H3/b13-11+. The lowest BCUT2D eigenvalue weighted by Gasteiger charge is -2.28. The van der Waals surface area contributed by atoms with E-state index in [1.165, 1.54) is 0 Å². The molecule has 0 N–H and O–H groups in total. The van der Waals surface area contributed by atoms with Crippen LogP contribution in [-0.2, 0) is 0 Å². The lowest BCUT2D eigenvalue weighted by molar-refractivity contribution is 0.469. The van der Waals surface area contributed by atoms with Crippen LogP contribution in [0.4, 0.5) is 5.69 Å². The highest BCUT2D eigenvalue weighted by molar-refractivity contribution is 5.78. The molecular weight excluding hydrogens is 266 g/mol. The Balaban J connectivity index is 2.00. The van der Waals surface area contributed by atoms with E-state index in [1.807, 2.05) is 43.4 Å². The Kier molecular flexibility index (Phi) is 3.52. The van der Waals surface area contributed by atoms with Crippen molar-refractivity contribution in [3.63, 3.8) is 0 Å². The summed E-state index contributed by atoms with van der Waals surface area (Å²) in [5, 5.41) is 0. The molecule has 2 heterocycles. The molecule has 0 saturated heterocycles. The Morgan fingerprint density at radius 3 is 2.81 bits per heavy atom. The molecule has 0 aliphatic carbocycles. The van der Waals surface area contributed by atoms with Crippen LogP contribution in [0.1, 0.15) is 17.7 Å². The van der Waals surface area contributed by atoms with Gasteiger partial charge in [0.1, 0.15) is 11.5 Å². The van der Waals surface area contributed by atoms with Crippen LogP contribution >= 0.6 is 0 Å². The van der Waals surface area contributed by atoms with Crippen molar-refractivity contribution in [1.29, 1.82) is 0 Å². The fourth-order valence-electron chi connectivity index (χ4n) is 2.48. The Bertz CT molecular complexity index is 731. The number of benzene rings is 1. The zero-order valence-electron chi connectivity index (χ0n) is 12.1. The first kappa shape index (κ1) is 13.5. The number of nitrogens with zero attached hydrogens (tertiary/aromatic N) is 1. The van der Waals surface area contributed by atoms with E-state index >= 15 is 0 Å². The maximum absolute atomic E-state index is 12.2. The van der Waals surface area contributed by atoms with Gasteiger partial charge in [-0.3, -0.25) is 0 Å². The van der Waals surface area contributed by atoms with Crippen molar-refractivity contribution in [1.82, 2.24) is 0 Å². The Labute approximate surface area is 123 Å². The van der Waals surface area contributed by atoms with Gasteiger partial charge in [-0.1, -0.05) is 18.2 Å². The van der Waals surface area contributed by atoms with Gasteiger partial charge in [0.15, 0.2) is 0 Å². The average Bonchev–Trinajstić information content (AvgIpc) is 2.48. The van der Waals surface area contributed by atoms with Crippen molar-refractivity contribution in [2.75, 3.05) is 18.5 Å². The molecule has 0 atom stereocenters. The molecule has 0 unspecified atom stereocenters. The molecule has 0 saturated carbocycles. The van der Waals surface area contributed by atoms with Gasteiger partial charge in [-0.25, -0.2) is 4.79 Å². The van der Waals surface area contributed by atoms with Gasteiger partial charge in [0.05, 0.1) is 17.5 Å². The van der Waals surface area contributed by atoms with Gasteiger partial charge in [0, 0.05) is 25.2 Å². The first-order chi connectivity index (χ1) is 10.1. The third kappa shape index (κ3) is 2.70. The van der Waals surface area contributed by atoms with E-state index in [1.54, 1.807) is 13.2 Å². The molecule has 0 bridgehead atoms. The highest BCUT2D eigenvalue weighted by Gasteiger charge is 2.23. The van der Waals surface area contributed by atoms with Crippen LogP contribution < -0.4 is 15.3 Å². The minimum Gasteiger partial charge on any atom is -0.465 e. The molecule has 21 heavy (non-hydrogen) atoms. The average molecular weight is 283 g/mol. The minimum atomic E-state index is -0.306. The smallest absolute Gasteiger partial charge is 0.345 e. The molecular formula is C17H17NO3. The van der Waals surface area contributed by atoms with E-state index in [0.717, 1.165) is 30.0 Å². The number of rotatable bonds is 2. The minimum absolute atomic E-state index is 0.306. The number of aryl methyl sites for hydroxylation is 1. The maximum Gasteiger partial charge on any atom is 0.345 e. The van der Waals surface area contributed by atoms with Crippen molar-refractivity contribution >= 4 is 11.3 Å². The van der Waals surface area contributed by atoms with Crippen LogP contribution in [0.25, 0.3) is 5.57 Å². The van der Waals surface area contributed by atoms with Crippen LogP contribution in [0.15, 0.2) is 51.9 Å². The summed E-state index contributed by atoms with van der Waals surface area (Å²) < 4.78 is 10.9. The number of hydrogen-bond acceptors (Lipinski definition) is 4. The second-order valence-electron chi connectivity index (χ2n) is 5.15. The molecule has 2 aromatic rings. The molecule has 3 rings (SSSR count). The fourth-order valence-corrected chi connectivity index (χ4v) is 2.48. The van der Waals surface area contributed by atoms with Crippen molar-refractivity contribution in [2.24, 2.45) is 0 Å². The number of para-hydroxylation sites is 1. The van der Waals surface area contributed by atoms with Gasteiger partial charge in [0.2, 0.25) is 0 Å². The summed E-state index contributed by atoms with van der Waals surface area (Å²) in [7, 11) is 1.98. The van der Waals surface area contributed by atoms with Crippen molar-refractivity contribution in [3.05, 3.63) is 64.4 Å². The van der Waals surface area contributed by atoms with E-state index in [-0.39, 0.29) is 5.63 Å². The molecule has 0 radical (unpaired) electrons. The second-order valence-corrected chi connectivity index (χ2v) is 5.15. The summed E-state index contributed by atoms with van der Waals surface area (Å²) in [4.78, 5) is 14.2. The third-order valence-corrected chi connectivity index (χ3v) is 3.58. The van der Waals surface area contributed by atoms with E-state index in [0.29, 0.717) is 11.3 Å². The molecule has 1 aromatic carbocycles. The van der Waals surface area contributed by atoms with Crippen LogP contribution in [0.3, 0.4) is 0 Å². The van der Waals surface area contributed by atoms with Crippen molar-refractivity contribution in [2.45, 2.75) is 13.3 Å². The number of anilines is 1. The number of hydrogen-bond donors (Lipinski definition) is 0. The topological polar surface area (TPSA) is 42.7 Å². The maximum atomic E-state index is 12.2. The predicted molar refractivity (Wildman–Crippen MR) is 82.6 cm³/mol. The zero-order chi connectivity index (χ0) is 14.8. The molecule has 108 valence electrons. The molecule has 0 amide bonds. The Hall–Kier alpha value is -2.49. The van der Waals surface area contributed by atoms with Crippen LogP contribution in [0, 0.1) is 6.92 Å². The highest BCUT2D eigenvalue weighted by atomic mass is 16.5. The molecule has 4 heteroatoms. The largest absolute Gasteiger partial charge is 0.465 e. The summed E-state index contributed by atoms with van der Waals surface area (Å²) in [6.07, 6.45) is 2.41. The summed E-state index contributed by atoms with van der Waals surface area (Å²) in [5.41, 5.74) is 2.07. The van der Waals surface area contributed by atoms with Gasteiger partial charge in [0.25, 0.3) is 0 Å². The van der Waals surface area contributed by atoms with Gasteiger partial charge in [-0.05, 0) is 25.5 Å². The van der Waals surface area contributed by atoms with Crippen molar-refractivity contribution in [3.8, 4) is 5.75 Å². The first-order valence-corrected chi connectivity index (χ1v) is 6.92. The summed E-state index contributed by atoms with van der Waals surface area (Å²) in [6, 6.07) is 11.4. The van der Waals surface area contributed by atoms with Gasteiger partial charge in [-0.15, -0.1) is 0 Å². The fraction of sp³-hybridized carbons (Fsp3) is 0.235. The summed E-state index contributed by atoms with van der Waals surface area (Å²) >= 11 is 0. The first-order valence-electron chi connectivity index (χ1n) is 6.92. The van der Waals surface area contributed by atoms with E-state index in [9.17, 15) is 4.79 Å². The molecule has 0 spiro atoms. The number of ether oxygens (including phenoxy) is 1.